The Hall–Kier alpha value is -1.39. The Morgan fingerprint density at radius 1 is 1.35 bits per heavy atom. The topological polar surface area (TPSA) is 47.6 Å². The van der Waals surface area contributed by atoms with Gasteiger partial charge in [-0.1, -0.05) is 37.3 Å². The van der Waals surface area contributed by atoms with Crippen molar-refractivity contribution in [2.45, 2.75) is 26.3 Å². The predicted molar refractivity (Wildman–Crippen MR) is 79.4 cm³/mol. The summed E-state index contributed by atoms with van der Waals surface area (Å²) in [7, 11) is 3.57. The molecule has 1 aromatic rings. The zero-order chi connectivity index (χ0) is 14.8. The van der Waals surface area contributed by atoms with Gasteiger partial charge in [0.1, 0.15) is 0 Å². The molecule has 1 aromatic carbocycles. The molecule has 0 aliphatic carbocycles. The summed E-state index contributed by atoms with van der Waals surface area (Å²) in [6.45, 7) is 3.99. The highest BCUT2D eigenvalue weighted by Crippen LogP contribution is 2.33. The van der Waals surface area contributed by atoms with Gasteiger partial charge in [0.25, 0.3) is 0 Å². The molecule has 1 N–H and O–H groups in total. The number of carbonyl (C=O) groups is 1. The van der Waals surface area contributed by atoms with E-state index in [1.807, 2.05) is 32.2 Å². The molecule has 4 heteroatoms. The van der Waals surface area contributed by atoms with Gasteiger partial charge >= 0.3 is 5.97 Å². The van der Waals surface area contributed by atoms with Crippen LogP contribution < -0.4 is 5.32 Å². The fourth-order valence-corrected chi connectivity index (χ4v) is 2.22. The van der Waals surface area contributed by atoms with E-state index < -0.39 is 0 Å². The largest absolute Gasteiger partial charge is 0.465 e. The van der Waals surface area contributed by atoms with Gasteiger partial charge in [-0.2, -0.15) is 0 Å². The molecule has 4 nitrogen and oxygen atoms in total. The third-order valence-corrected chi connectivity index (χ3v) is 3.57. The summed E-state index contributed by atoms with van der Waals surface area (Å²) < 4.78 is 9.88. The molecule has 1 fully saturated rings. The minimum Gasteiger partial charge on any atom is -0.465 e. The van der Waals surface area contributed by atoms with Gasteiger partial charge in [-0.3, -0.25) is 4.79 Å². The molecule has 0 bridgehead atoms. The molecular weight excluding hydrogens is 254 g/mol. The molecule has 2 rings (SSSR count). The van der Waals surface area contributed by atoms with Crippen LogP contribution in [0, 0.1) is 5.41 Å². The summed E-state index contributed by atoms with van der Waals surface area (Å²) in [6, 6.07) is 10.3. The van der Waals surface area contributed by atoms with E-state index in [1.54, 1.807) is 7.11 Å². The maximum absolute atomic E-state index is 11.2. The SMILES string of the molecule is CCC1(COC)CCOC1=O.CNCc1ccccc1. The zero-order valence-corrected chi connectivity index (χ0v) is 12.6. The first-order valence-corrected chi connectivity index (χ1v) is 7.03. The lowest BCUT2D eigenvalue weighted by molar-refractivity contribution is -0.148. The number of cyclic esters (lactones) is 1. The van der Waals surface area contributed by atoms with Crippen molar-refractivity contribution in [2.75, 3.05) is 27.4 Å². The first-order chi connectivity index (χ1) is 9.68. The smallest absolute Gasteiger partial charge is 0.314 e. The summed E-state index contributed by atoms with van der Waals surface area (Å²) in [5.74, 6) is -0.0955. The number of benzene rings is 1. The Morgan fingerprint density at radius 2 is 2.05 bits per heavy atom. The van der Waals surface area contributed by atoms with E-state index >= 15 is 0 Å². The average molecular weight is 279 g/mol. The summed E-state index contributed by atoms with van der Waals surface area (Å²) in [4.78, 5) is 11.2. The number of carbonyl (C=O) groups excluding carboxylic acids is 1. The fraction of sp³-hybridized carbons (Fsp3) is 0.562. The number of methoxy groups -OCH3 is 1. The third-order valence-electron chi connectivity index (χ3n) is 3.57. The van der Waals surface area contributed by atoms with Gasteiger partial charge in [-0.05, 0) is 25.5 Å². The number of esters is 1. The minimum atomic E-state index is -0.339. The molecule has 0 radical (unpaired) electrons. The number of nitrogens with one attached hydrogen (secondary N) is 1. The van der Waals surface area contributed by atoms with Crippen LogP contribution in [0.15, 0.2) is 30.3 Å². The second-order valence-electron chi connectivity index (χ2n) is 4.97. The van der Waals surface area contributed by atoms with Gasteiger partial charge in [0.15, 0.2) is 0 Å². The highest BCUT2D eigenvalue weighted by atomic mass is 16.5. The lowest BCUT2D eigenvalue weighted by atomic mass is 9.85. The van der Waals surface area contributed by atoms with E-state index in [2.05, 4.69) is 17.4 Å². The summed E-state index contributed by atoms with van der Waals surface area (Å²) in [5, 5.41) is 3.08. The van der Waals surface area contributed by atoms with Gasteiger partial charge in [-0.25, -0.2) is 0 Å². The van der Waals surface area contributed by atoms with Gasteiger partial charge in [0.05, 0.1) is 18.6 Å². The molecule has 0 aromatic heterocycles. The van der Waals surface area contributed by atoms with Crippen LogP contribution in [0.3, 0.4) is 0 Å². The average Bonchev–Trinajstić information content (AvgIpc) is 2.83. The summed E-state index contributed by atoms with van der Waals surface area (Å²) >= 11 is 0. The molecular formula is C16H25NO3. The third kappa shape index (κ3) is 4.62. The molecule has 112 valence electrons. The van der Waals surface area contributed by atoms with E-state index in [0.29, 0.717) is 13.2 Å². The number of hydrogen-bond acceptors (Lipinski definition) is 4. The first-order valence-electron chi connectivity index (χ1n) is 7.03. The molecule has 20 heavy (non-hydrogen) atoms. The number of rotatable bonds is 5. The van der Waals surface area contributed by atoms with Crippen LogP contribution in [0.1, 0.15) is 25.3 Å². The predicted octanol–water partition coefficient (Wildman–Crippen LogP) is 2.38. The molecule has 1 aliphatic heterocycles. The van der Waals surface area contributed by atoms with Gasteiger partial charge in [0.2, 0.25) is 0 Å². The fourth-order valence-electron chi connectivity index (χ4n) is 2.22. The van der Waals surface area contributed by atoms with Gasteiger partial charge in [0, 0.05) is 13.7 Å². The molecule has 1 aliphatic rings. The van der Waals surface area contributed by atoms with Gasteiger partial charge in [-0.15, -0.1) is 0 Å². The first kappa shape index (κ1) is 16.7. The van der Waals surface area contributed by atoms with Crippen LogP contribution in [-0.2, 0) is 20.8 Å². The molecule has 0 saturated carbocycles. The van der Waals surface area contributed by atoms with Crippen molar-refractivity contribution in [1.29, 1.82) is 0 Å². The van der Waals surface area contributed by atoms with E-state index in [-0.39, 0.29) is 11.4 Å². The van der Waals surface area contributed by atoms with Gasteiger partial charge < -0.3 is 14.8 Å². The van der Waals surface area contributed by atoms with Crippen molar-refractivity contribution in [3.05, 3.63) is 35.9 Å². The monoisotopic (exact) mass is 279 g/mol. The standard InChI is InChI=1S/C8H11N.C8H14O3/c1-9-7-8-5-3-2-4-6-8;1-3-8(6-10-2)4-5-11-7(8)9/h2-6,9H,7H2,1H3;3-6H2,1-2H3. The molecule has 1 atom stereocenters. The van der Waals surface area contributed by atoms with Crippen molar-refractivity contribution in [3.63, 3.8) is 0 Å². The van der Waals surface area contributed by atoms with Crippen LogP contribution in [0.4, 0.5) is 0 Å². The van der Waals surface area contributed by atoms with E-state index in [9.17, 15) is 4.79 Å². The van der Waals surface area contributed by atoms with E-state index in [0.717, 1.165) is 19.4 Å². The van der Waals surface area contributed by atoms with Crippen molar-refractivity contribution in [1.82, 2.24) is 5.32 Å². The zero-order valence-electron chi connectivity index (χ0n) is 12.6. The Morgan fingerprint density at radius 3 is 2.50 bits per heavy atom. The minimum absolute atomic E-state index is 0.0955. The Kier molecular flexibility index (Phi) is 7.26. The highest BCUT2D eigenvalue weighted by molar-refractivity contribution is 5.78. The Labute approximate surface area is 121 Å². The summed E-state index contributed by atoms with van der Waals surface area (Å²) in [6.07, 6.45) is 1.61. The normalized spacial score (nSPS) is 21.1. The molecule has 0 spiro atoms. The number of ether oxygens (including phenoxy) is 2. The van der Waals surface area contributed by atoms with Crippen molar-refractivity contribution in [3.8, 4) is 0 Å². The highest BCUT2D eigenvalue weighted by Gasteiger charge is 2.42. The Balaban J connectivity index is 0.000000204. The lowest BCUT2D eigenvalue weighted by Crippen LogP contribution is -2.30. The van der Waals surface area contributed by atoms with Crippen LogP contribution >= 0.6 is 0 Å². The summed E-state index contributed by atoms with van der Waals surface area (Å²) in [5.41, 5.74) is 0.995. The quantitative estimate of drug-likeness (QED) is 0.841. The van der Waals surface area contributed by atoms with E-state index in [4.69, 9.17) is 9.47 Å². The second-order valence-corrected chi connectivity index (χ2v) is 4.97. The lowest BCUT2D eigenvalue weighted by Gasteiger charge is -2.20. The van der Waals surface area contributed by atoms with E-state index in [1.165, 1.54) is 5.56 Å². The van der Waals surface area contributed by atoms with Crippen molar-refractivity contribution in [2.24, 2.45) is 5.41 Å². The maximum atomic E-state index is 11.2. The molecule has 0 amide bonds. The molecule has 1 saturated heterocycles. The molecule has 1 heterocycles. The maximum Gasteiger partial charge on any atom is 0.314 e. The van der Waals surface area contributed by atoms with Crippen molar-refractivity contribution < 1.29 is 14.3 Å². The van der Waals surface area contributed by atoms with Crippen LogP contribution in [0.25, 0.3) is 0 Å². The van der Waals surface area contributed by atoms with Crippen LogP contribution in [0.2, 0.25) is 0 Å². The molecule has 1 unspecified atom stereocenters. The second kappa shape index (κ2) is 8.72. The van der Waals surface area contributed by atoms with Crippen molar-refractivity contribution >= 4 is 5.97 Å². The number of hydrogen-bond donors (Lipinski definition) is 1. The van der Waals surface area contributed by atoms with Crippen LogP contribution in [-0.4, -0.2) is 33.3 Å². The Bertz CT molecular complexity index is 394. The van der Waals surface area contributed by atoms with Crippen LogP contribution in [0.5, 0.6) is 0 Å².